The van der Waals surface area contributed by atoms with Gasteiger partial charge in [-0.1, -0.05) is 48.5 Å². The number of amides is 2. The largest absolute Gasteiger partial charge is 0.335 e. The Kier molecular flexibility index (Phi) is 6.78. The van der Waals surface area contributed by atoms with Gasteiger partial charge in [0.05, 0.1) is 16.6 Å². The van der Waals surface area contributed by atoms with Crippen LogP contribution >= 0.6 is 11.3 Å². The van der Waals surface area contributed by atoms with Crippen LogP contribution in [0.25, 0.3) is 0 Å². The lowest BCUT2D eigenvalue weighted by molar-refractivity contribution is -0.121. The Labute approximate surface area is 191 Å². The van der Waals surface area contributed by atoms with Crippen LogP contribution in [0.4, 0.5) is 5.69 Å². The number of piperazine rings is 1. The first kappa shape index (κ1) is 21.9. The predicted molar refractivity (Wildman–Crippen MR) is 126 cm³/mol. The number of anilines is 1. The van der Waals surface area contributed by atoms with Crippen molar-refractivity contribution in [3.63, 3.8) is 0 Å². The summed E-state index contributed by atoms with van der Waals surface area (Å²) in [6.45, 7) is 4.26. The van der Waals surface area contributed by atoms with Crippen LogP contribution in [0.1, 0.15) is 32.5 Å². The fourth-order valence-corrected chi connectivity index (χ4v) is 4.50. The molecule has 2 aromatic carbocycles. The summed E-state index contributed by atoms with van der Waals surface area (Å²) in [6, 6.07) is 19.4. The third-order valence-corrected chi connectivity index (χ3v) is 6.58. The number of carbonyl (C=O) groups excluding carboxylic acids is 3. The summed E-state index contributed by atoms with van der Waals surface area (Å²) in [5, 5.41) is 4.83. The van der Waals surface area contributed by atoms with Gasteiger partial charge in [0.2, 0.25) is 5.91 Å². The molecule has 7 heteroatoms. The van der Waals surface area contributed by atoms with Crippen molar-refractivity contribution in [2.45, 2.75) is 13.0 Å². The molecule has 164 valence electrons. The van der Waals surface area contributed by atoms with Gasteiger partial charge in [0, 0.05) is 37.3 Å². The second-order valence-electron chi connectivity index (χ2n) is 7.71. The average Bonchev–Trinajstić information content (AvgIpc) is 3.39. The van der Waals surface area contributed by atoms with Crippen molar-refractivity contribution in [1.82, 2.24) is 9.80 Å². The first-order valence-corrected chi connectivity index (χ1v) is 11.5. The van der Waals surface area contributed by atoms with E-state index in [0.29, 0.717) is 43.0 Å². The maximum atomic E-state index is 13.0. The fraction of sp³-hybridized carbons (Fsp3) is 0.240. The maximum Gasteiger partial charge on any atom is 0.264 e. The van der Waals surface area contributed by atoms with E-state index in [-0.39, 0.29) is 23.6 Å². The zero-order valence-electron chi connectivity index (χ0n) is 17.9. The number of hydrogen-bond donors (Lipinski definition) is 1. The first-order valence-electron chi connectivity index (χ1n) is 10.6. The highest BCUT2D eigenvalue weighted by molar-refractivity contribution is 7.12. The van der Waals surface area contributed by atoms with E-state index >= 15 is 0 Å². The molecule has 0 unspecified atom stereocenters. The lowest BCUT2D eigenvalue weighted by atomic mass is 10.0. The molecule has 0 bridgehead atoms. The number of thiophene rings is 1. The number of carbonyl (C=O) groups is 3. The first-order chi connectivity index (χ1) is 15.5. The molecule has 1 fully saturated rings. The van der Waals surface area contributed by atoms with Crippen LogP contribution in [0, 0.1) is 0 Å². The van der Waals surface area contributed by atoms with Gasteiger partial charge in [0.15, 0.2) is 5.78 Å². The average molecular weight is 448 g/mol. The second kappa shape index (κ2) is 9.89. The molecule has 6 nitrogen and oxygen atoms in total. The van der Waals surface area contributed by atoms with Crippen LogP contribution in [0.5, 0.6) is 0 Å². The minimum Gasteiger partial charge on any atom is -0.335 e. The van der Waals surface area contributed by atoms with E-state index < -0.39 is 0 Å². The molecule has 0 radical (unpaired) electrons. The summed E-state index contributed by atoms with van der Waals surface area (Å²) >= 11 is 1.44. The lowest BCUT2D eigenvalue weighted by Gasteiger charge is -2.37. The van der Waals surface area contributed by atoms with Crippen molar-refractivity contribution in [3.05, 3.63) is 88.1 Å². The molecule has 1 N–H and O–H groups in total. The van der Waals surface area contributed by atoms with Crippen LogP contribution in [0.3, 0.4) is 0 Å². The summed E-state index contributed by atoms with van der Waals surface area (Å²) in [5.74, 6) is -0.253. The number of para-hydroxylation sites is 1. The molecule has 0 aliphatic carbocycles. The molecule has 1 aliphatic heterocycles. The van der Waals surface area contributed by atoms with Crippen molar-refractivity contribution in [3.8, 4) is 0 Å². The van der Waals surface area contributed by atoms with Gasteiger partial charge in [0.1, 0.15) is 0 Å². The van der Waals surface area contributed by atoms with Gasteiger partial charge in [-0.3, -0.25) is 19.3 Å². The van der Waals surface area contributed by atoms with Crippen molar-refractivity contribution in [2.75, 3.05) is 31.5 Å². The third-order valence-electron chi connectivity index (χ3n) is 5.73. The Bertz CT molecular complexity index is 1090. The highest BCUT2D eigenvalue weighted by atomic mass is 32.1. The molecule has 1 saturated heterocycles. The highest BCUT2D eigenvalue weighted by Crippen LogP contribution is 2.21. The maximum absolute atomic E-state index is 13.0. The van der Waals surface area contributed by atoms with Crippen LogP contribution in [0.15, 0.2) is 72.1 Å². The topological polar surface area (TPSA) is 69.7 Å². The van der Waals surface area contributed by atoms with E-state index in [2.05, 4.69) is 10.2 Å². The molecule has 2 amide bonds. The SMILES string of the molecule is C[C@@H](C(=O)Nc1ccccc1C(=O)c1ccccc1)N1CCN(C(=O)c2cccs2)CC1. The quantitative estimate of drug-likeness (QED) is 0.584. The smallest absolute Gasteiger partial charge is 0.264 e. The monoisotopic (exact) mass is 447 g/mol. The molecule has 0 saturated carbocycles. The molecule has 1 aromatic heterocycles. The second-order valence-corrected chi connectivity index (χ2v) is 8.66. The number of rotatable bonds is 6. The molecule has 3 aromatic rings. The predicted octanol–water partition coefficient (Wildman–Crippen LogP) is 3.76. The van der Waals surface area contributed by atoms with Crippen molar-refractivity contribution >= 4 is 34.6 Å². The summed E-state index contributed by atoms with van der Waals surface area (Å²) < 4.78 is 0. The van der Waals surface area contributed by atoms with E-state index in [1.54, 1.807) is 36.4 Å². The molecule has 1 aliphatic rings. The molecule has 4 rings (SSSR count). The number of benzene rings is 2. The zero-order valence-corrected chi connectivity index (χ0v) is 18.7. The Morgan fingerprint density at radius 1 is 0.875 bits per heavy atom. The van der Waals surface area contributed by atoms with Crippen molar-refractivity contribution in [2.24, 2.45) is 0 Å². The van der Waals surface area contributed by atoms with Crippen molar-refractivity contribution < 1.29 is 14.4 Å². The van der Waals surface area contributed by atoms with Gasteiger partial charge in [-0.2, -0.15) is 0 Å². The van der Waals surface area contributed by atoms with Crippen LogP contribution < -0.4 is 5.32 Å². The summed E-state index contributed by atoms with van der Waals surface area (Å²) in [4.78, 5) is 43.1. The van der Waals surface area contributed by atoms with Gasteiger partial charge < -0.3 is 10.2 Å². The van der Waals surface area contributed by atoms with E-state index in [4.69, 9.17) is 0 Å². The lowest BCUT2D eigenvalue weighted by Crippen LogP contribution is -2.54. The van der Waals surface area contributed by atoms with Crippen LogP contribution in [-0.2, 0) is 4.79 Å². The standard InChI is InChI=1S/C25H25N3O3S/c1-18(27-13-15-28(16-14-27)25(31)22-12-7-17-32-22)24(30)26-21-11-6-5-10-20(21)23(29)19-8-3-2-4-9-19/h2-12,17-18H,13-16H2,1H3,(H,26,30)/t18-/m0/s1. The Morgan fingerprint density at radius 2 is 1.56 bits per heavy atom. The molecule has 1 atom stereocenters. The molecular weight excluding hydrogens is 422 g/mol. The molecule has 0 spiro atoms. The van der Waals surface area contributed by atoms with Gasteiger partial charge in [-0.15, -0.1) is 11.3 Å². The van der Waals surface area contributed by atoms with E-state index in [1.165, 1.54) is 11.3 Å². The van der Waals surface area contributed by atoms with Crippen LogP contribution in [0.2, 0.25) is 0 Å². The van der Waals surface area contributed by atoms with E-state index in [9.17, 15) is 14.4 Å². The number of ketones is 1. The minimum atomic E-state index is -0.381. The number of nitrogens with one attached hydrogen (secondary N) is 1. The summed E-state index contributed by atoms with van der Waals surface area (Å²) in [6.07, 6.45) is 0. The van der Waals surface area contributed by atoms with Gasteiger partial charge >= 0.3 is 0 Å². The Hall–Kier alpha value is -3.29. The summed E-state index contributed by atoms with van der Waals surface area (Å²) in [5.41, 5.74) is 1.55. The number of hydrogen-bond acceptors (Lipinski definition) is 5. The van der Waals surface area contributed by atoms with E-state index in [1.807, 2.05) is 47.5 Å². The van der Waals surface area contributed by atoms with Crippen LogP contribution in [-0.4, -0.2) is 59.6 Å². The third kappa shape index (κ3) is 4.79. The molecule has 2 heterocycles. The normalized spacial score (nSPS) is 15.2. The Morgan fingerprint density at radius 3 is 2.25 bits per heavy atom. The molecular formula is C25H25N3O3S. The van der Waals surface area contributed by atoms with Crippen molar-refractivity contribution in [1.29, 1.82) is 0 Å². The zero-order chi connectivity index (χ0) is 22.5. The minimum absolute atomic E-state index is 0.0464. The van der Waals surface area contributed by atoms with Gasteiger partial charge in [-0.05, 0) is 30.5 Å². The fourth-order valence-electron chi connectivity index (χ4n) is 3.81. The molecule has 32 heavy (non-hydrogen) atoms. The van der Waals surface area contributed by atoms with Gasteiger partial charge in [0.25, 0.3) is 5.91 Å². The highest BCUT2D eigenvalue weighted by Gasteiger charge is 2.28. The number of nitrogens with zero attached hydrogens (tertiary/aromatic N) is 2. The van der Waals surface area contributed by atoms with E-state index in [0.717, 1.165) is 4.88 Å². The Balaban J connectivity index is 1.39. The van der Waals surface area contributed by atoms with Gasteiger partial charge in [-0.25, -0.2) is 0 Å². The summed E-state index contributed by atoms with van der Waals surface area (Å²) in [7, 11) is 0.